The van der Waals surface area contributed by atoms with Crippen LogP contribution in [0.1, 0.15) is 0 Å². The molecule has 0 bridgehead atoms. The van der Waals surface area contributed by atoms with Gasteiger partial charge in [-0.05, 0) is 0 Å². The SMILES string of the molecule is O=S(=O)(O)C(C(F)(F)F)(C(F)(F)C(F)(F)C(F)(F)F)C(F)(C(F)(F)F)C(F)(F)F. The summed E-state index contributed by atoms with van der Waals surface area (Å²) in [6.45, 7) is 0. The fourth-order valence-electron chi connectivity index (χ4n) is 2.03. The molecule has 0 aromatic carbocycles. The third kappa shape index (κ3) is 3.26. The minimum atomic E-state index is -9.18. The number of halogens is 17. The highest BCUT2D eigenvalue weighted by molar-refractivity contribution is 7.87. The highest BCUT2D eigenvalue weighted by atomic mass is 32.2. The van der Waals surface area contributed by atoms with Crippen LogP contribution in [0.3, 0.4) is 0 Å². The van der Waals surface area contributed by atoms with Crippen molar-refractivity contribution in [3.05, 3.63) is 0 Å². The Labute approximate surface area is 146 Å². The second kappa shape index (κ2) is 6.36. The van der Waals surface area contributed by atoms with E-state index in [0.717, 1.165) is 0 Å². The fourth-order valence-corrected chi connectivity index (χ4v) is 3.37. The highest BCUT2D eigenvalue weighted by Crippen LogP contribution is 2.68. The number of hydrogen-bond acceptors (Lipinski definition) is 2. The van der Waals surface area contributed by atoms with Crippen molar-refractivity contribution < 1.29 is 87.6 Å². The van der Waals surface area contributed by atoms with Crippen LogP contribution < -0.4 is 0 Å². The maximum Gasteiger partial charge on any atom is 0.459 e. The largest absolute Gasteiger partial charge is 0.459 e. The Morgan fingerprint density at radius 3 is 0.862 bits per heavy atom. The van der Waals surface area contributed by atoms with Gasteiger partial charge in [0.15, 0.2) is 0 Å². The molecule has 0 saturated carbocycles. The summed E-state index contributed by atoms with van der Waals surface area (Å²) in [6.07, 6.45) is -34.1. The topological polar surface area (TPSA) is 54.4 Å². The molecule has 29 heavy (non-hydrogen) atoms. The van der Waals surface area contributed by atoms with Crippen molar-refractivity contribution in [3.8, 4) is 0 Å². The van der Waals surface area contributed by atoms with E-state index < -0.39 is 57.1 Å². The minimum Gasteiger partial charge on any atom is -0.285 e. The molecule has 0 radical (unpaired) electrons. The molecule has 0 rings (SSSR count). The van der Waals surface area contributed by atoms with Crippen LogP contribution in [-0.2, 0) is 10.1 Å². The maximum absolute atomic E-state index is 13.8. The van der Waals surface area contributed by atoms with Crippen LogP contribution in [-0.4, -0.2) is 59.9 Å². The lowest BCUT2D eigenvalue weighted by Gasteiger charge is -2.49. The predicted molar refractivity (Wildman–Crippen MR) is 52.2 cm³/mol. The van der Waals surface area contributed by atoms with E-state index in [4.69, 9.17) is 4.55 Å². The Morgan fingerprint density at radius 2 is 0.724 bits per heavy atom. The summed E-state index contributed by atoms with van der Waals surface area (Å²) in [6, 6.07) is 0. The standard InChI is InChI=1S/C8HF17O3S/c9-1(5(14,15)16,6(17,18)19)2(7(20,21)22,29(26,27)28)3(10,11)4(12,13)8(23,24)25/h(H,26,27,28). The molecule has 1 unspecified atom stereocenters. The van der Waals surface area contributed by atoms with Gasteiger partial charge >= 0.3 is 47.0 Å². The average Bonchev–Trinajstić information content (AvgIpc) is 2.30. The third-order valence-electron chi connectivity index (χ3n) is 3.25. The summed E-state index contributed by atoms with van der Waals surface area (Å²) in [5, 5.41) is 0. The van der Waals surface area contributed by atoms with Crippen LogP contribution in [0.4, 0.5) is 74.6 Å². The lowest BCUT2D eigenvalue weighted by Crippen LogP contribution is -2.85. The Morgan fingerprint density at radius 1 is 0.448 bits per heavy atom. The Hall–Kier alpha value is -1.28. The molecule has 21 heteroatoms. The van der Waals surface area contributed by atoms with Gasteiger partial charge in [-0.2, -0.15) is 78.7 Å². The molecule has 176 valence electrons. The van der Waals surface area contributed by atoms with E-state index in [1.54, 1.807) is 0 Å². The molecule has 1 N–H and O–H groups in total. The van der Waals surface area contributed by atoms with E-state index in [2.05, 4.69) is 0 Å². The predicted octanol–water partition coefficient (Wildman–Crippen LogP) is 4.84. The van der Waals surface area contributed by atoms with E-state index in [9.17, 15) is 83.1 Å². The molecule has 3 nitrogen and oxygen atoms in total. The summed E-state index contributed by atoms with van der Waals surface area (Å²) >= 11 is 0. The molecular weight excluding hydrogens is 499 g/mol. The highest BCUT2D eigenvalue weighted by Gasteiger charge is 3.03. The molecular formula is C8HF17O3S. The zero-order chi connectivity index (χ0) is 24.5. The van der Waals surface area contributed by atoms with Crippen LogP contribution in [0, 0.1) is 0 Å². The van der Waals surface area contributed by atoms with E-state index >= 15 is 0 Å². The Balaban J connectivity index is 8.27. The van der Waals surface area contributed by atoms with E-state index in [1.165, 1.54) is 0 Å². The lowest BCUT2D eigenvalue weighted by atomic mass is 9.78. The number of alkyl halides is 17. The fraction of sp³-hybridized carbons (Fsp3) is 1.00. The second-order valence-corrected chi connectivity index (χ2v) is 6.52. The summed E-state index contributed by atoms with van der Waals surface area (Å²) in [4.78, 5) is 0. The summed E-state index contributed by atoms with van der Waals surface area (Å²) < 4.78 is 237. The van der Waals surface area contributed by atoms with Gasteiger partial charge in [0.05, 0.1) is 0 Å². The van der Waals surface area contributed by atoms with Gasteiger partial charge in [-0.1, -0.05) is 0 Å². The quantitative estimate of drug-likeness (QED) is 0.444. The van der Waals surface area contributed by atoms with Crippen molar-refractivity contribution in [2.75, 3.05) is 0 Å². The molecule has 0 amide bonds. The van der Waals surface area contributed by atoms with Gasteiger partial charge in [0.25, 0.3) is 10.1 Å². The van der Waals surface area contributed by atoms with Crippen molar-refractivity contribution >= 4 is 10.1 Å². The zero-order valence-corrected chi connectivity index (χ0v) is 12.9. The number of rotatable bonds is 4. The lowest BCUT2D eigenvalue weighted by molar-refractivity contribution is -0.436. The Bertz CT molecular complexity index is 708. The molecule has 0 aromatic heterocycles. The monoisotopic (exact) mass is 500 g/mol. The van der Waals surface area contributed by atoms with Crippen molar-refractivity contribution in [1.29, 1.82) is 0 Å². The molecule has 0 aliphatic carbocycles. The van der Waals surface area contributed by atoms with Crippen LogP contribution >= 0.6 is 0 Å². The molecule has 0 saturated heterocycles. The van der Waals surface area contributed by atoms with Gasteiger partial charge in [-0.25, -0.2) is 4.39 Å². The van der Waals surface area contributed by atoms with Gasteiger partial charge in [-0.3, -0.25) is 4.55 Å². The second-order valence-electron chi connectivity index (χ2n) is 4.95. The average molecular weight is 500 g/mol. The summed E-state index contributed by atoms with van der Waals surface area (Å²) in [7, 11) is -9.18. The van der Waals surface area contributed by atoms with E-state index in [0.29, 0.717) is 0 Å². The summed E-state index contributed by atoms with van der Waals surface area (Å²) in [5.74, 6) is -17.9. The van der Waals surface area contributed by atoms with Gasteiger partial charge in [0.2, 0.25) is 0 Å². The van der Waals surface area contributed by atoms with Crippen molar-refractivity contribution in [3.63, 3.8) is 0 Å². The minimum absolute atomic E-state index is 8.12. The molecule has 0 spiro atoms. The third-order valence-corrected chi connectivity index (χ3v) is 4.79. The van der Waals surface area contributed by atoms with Gasteiger partial charge in [-0.15, -0.1) is 0 Å². The molecule has 1 atom stereocenters. The Kier molecular flexibility index (Phi) is 6.08. The smallest absolute Gasteiger partial charge is 0.285 e. The van der Waals surface area contributed by atoms with Crippen molar-refractivity contribution in [2.45, 2.75) is 47.0 Å². The van der Waals surface area contributed by atoms with Gasteiger partial charge < -0.3 is 0 Å². The van der Waals surface area contributed by atoms with Crippen LogP contribution in [0.5, 0.6) is 0 Å². The maximum atomic E-state index is 13.8. The first-order valence-electron chi connectivity index (χ1n) is 5.68. The van der Waals surface area contributed by atoms with Gasteiger partial charge in [0.1, 0.15) is 0 Å². The molecule has 0 aliphatic rings. The van der Waals surface area contributed by atoms with Crippen molar-refractivity contribution in [1.82, 2.24) is 0 Å². The molecule has 0 heterocycles. The molecule has 0 aliphatic heterocycles. The first-order chi connectivity index (χ1) is 12.0. The van der Waals surface area contributed by atoms with Crippen LogP contribution in [0.25, 0.3) is 0 Å². The first-order valence-corrected chi connectivity index (χ1v) is 7.12. The van der Waals surface area contributed by atoms with Crippen molar-refractivity contribution in [2.24, 2.45) is 0 Å². The normalized spacial score (nSPS) is 18.6. The van der Waals surface area contributed by atoms with Crippen LogP contribution in [0.2, 0.25) is 0 Å². The number of hydrogen-bond donors (Lipinski definition) is 1. The molecule has 0 fully saturated rings. The first kappa shape index (κ1) is 27.7. The zero-order valence-electron chi connectivity index (χ0n) is 12.1. The van der Waals surface area contributed by atoms with Gasteiger partial charge in [0, 0.05) is 0 Å². The molecule has 0 aromatic rings. The van der Waals surface area contributed by atoms with E-state index in [1.807, 2.05) is 0 Å². The summed E-state index contributed by atoms with van der Waals surface area (Å²) in [5.41, 5.74) is -9.13. The van der Waals surface area contributed by atoms with E-state index in [-0.39, 0.29) is 0 Å². The van der Waals surface area contributed by atoms with Crippen LogP contribution in [0.15, 0.2) is 0 Å².